The number of rotatable bonds is 4. The number of carbonyl (C=O) groups excluding carboxylic acids is 2. The van der Waals surface area contributed by atoms with Gasteiger partial charge in [-0.25, -0.2) is 0 Å². The van der Waals surface area contributed by atoms with Gasteiger partial charge in [-0.3, -0.25) is 14.6 Å². The maximum Gasteiger partial charge on any atom is 0.251 e. The van der Waals surface area contributed by atoms with E-state index >= 15 is 0 Å². The van der Waals surface area contributed by atoms with E-state index in [9.17, 15) is 19.8 Å². The number of halogens is 3. The molecule has 1 heterocycles. The van der Waals surface area contributed by atoms with Crippen molar-refractivity contribution in [2.45, 2.75) is 74.7 Å². The summed E-state index contributed by atoms with van der Waals surface area (Å²) in [6.45, 7) is 0. The van der Waals surface area contributed by atoms with Crippen molar-refractivity contribution in [1.82, 2.24) is 15.6 Å². The van der Waals surface area contributed by atoms with Crippen LogP contribution in [0.2, 0.25) is 15.1 Å². The van der Waals surface area contributed by atoms with Crippen molar-refractivity contribution in [3.05, 3.63) is 135 Å². The third-order valence-electron chi connectivity index (χ3n) is 8.68. The first-order valence-corrected chi connectivity index (χ1v) is 17.9. The van der Waals surface area contributed by atoms with Crippen LogP contribution in [0.15, 0.2) is 97.3 Å². The zero-order chi connectivity index (χ0) is 36.3. The van der Waals surface area contributed by atoms with Crippen molar-refractivity contribution in [2.75, 3.05) is 0 Å². The van der Waals surface area contributed by atoms with Gasteiger partial charge in [-0.05, 0) is 105 Å². The molecule has 2 saturated carbocycles. The van der Waals surface area contributed by atoms with E-state index in [0.717, 1.165) is 36.8 Å². The molecule has 2 aliphatic carbocycles. The molecule has 6 rings (SSSR count). The van der Waals surface area contributed by atoms with Crippen molar-refractivity contribution < 1.29 is 19.8 Å². The molecule has 10 heteroatoms. The monoisotopic (exact) mass is 741 g/mol. The van der Waals surface area contributed by atoms with Crippen LogP contribution in [-0.2, 0) is 0 Å². The van der Waals surface area contributed by atoms with E-state index in [0.29, 0.717) is 51.9 Å². The Morgan fingerprint density at radius 1 is 0.647 bits per heavy atom. The lowest BCUT2D eigenvalue weighted by atomic mass is 9.82. The van der Waals surface area contributed by atoms with Gasteiger partial charge in [0.1, 0.15) is 11.2 Å². The number of hydrogen-bond acceptors (Lipinski definition) is 5. The van der Waals surface area contributed by atoms with Gasteiger partial charge in [0.25, 0.3) is 11.8 Å². The Morgan fingerprint density at radius 3 is 1.57 bits per heavy atom. The van der Waals surface area contributed by atoms with Crippen molar-refractivity contribution in [3.63, 3.8) is 0 Å². The van der Waals surface area contributed by atoms with Gasteiger partial charge < -0.3 is 20.8 Å². The van der Waals surface area contributed by atoms with E-state index in [2.05, 4.69) is 39.3 Å². The molecule has 2 fully saturated rings. The summed E-state index contributed by atoms with van der Waals surface area (Å²) < 4.78 is 0. The Labute approximate surface area is 313 Å². The zero-order valence-electron chi connectivity index (χ0n) is 27.8. The summed E-state index contributed by atoms with van der Waals surface area (Å²) in [6.07, 6.45) is 8.41. The van der Waals surface area contributed by atoms with E-state index in [-0.39, 0.29) is 23.9 Å². The fraction of sp³-hybridized carbons (Fsp3) is 0.293. The highest BCUT2D eigenvalue weighted by atomic mass is 35.5. The minimum absolute atomic E-state index is 0.104. The summed E-state index contributed by atoms with van der Waals surface area (Å²) in [5, 5.41) is 29.3. The molecule has 0 radical (unpaired) electrons. The summed E-state index contributed by atoms with van der Waals surface area (Å²) in [7, 11) is 0. The quantitative estimate of drug-likeness (QED) is 0.161. The van der Waals surface area contributed by atoms with E-state index in [1.54, 1.807) is 73.1 Å². The van der Waals surface area contributed by atoms with Crippen LogP contribution in [-0.4, -0.2) is 50.3 Å². The predicted molar refractivity (Wildman–Crippen MR) is 202 cm³/mol. The Kier molecular flexibility index (Phi) is 13.2. The summed E-state index contributed by atoms with van der Waals surface area (Å²) in [4.78, 5) is 28.6. The molecule has 4 atom stereocenters. The molecule has 3 aromatic carbocycles. The van der Waals surface area contributed by atoms with Gasteiger partial charge >= 0.3 is 0 Å². The van der Waals surface area contributed by atoms with Crippen LogP contribution >= 0.6 is 34.8 Å². The second kappa shape index (κ2) is 17.7. The molecule has 0 bridgehead atoms. The van der Waals surface area contributed by atoms with Gasteiger partial charge in [0.2, 0.25) is 0 Å². The number of hydrogen-bond donors (Lipinski definition) is 4. The Bertz CT molecular complexity index is 1970. The molecule has 2 amide bonds. The average molecular weight is 743 g/mol. The fourth-order valence-corrected chi connectivity index (χ4v) is 6.73. The highest BCUT2D eigenvalue weighted by molar-refractivity contribution is 6.31. The van der Waals surface area contributed by atoms with Gasteiger partial charge in [0.05, 0.1) is 0 Å². The topological polar surface area (TPSA) is 112 Å². The first-order chi connectivity index (χ1) is 24.5. The molecule has 4 aromatic rings. The third-order valence-corrected chi connectivity index (χ3v) is 9.39. The van der Waals surface area contributed by atoms with Crippen molar-refractivity contribution >= 4 is 46.6 Å². The summed E-state index contributed by atoms with van der Waals surface area (Å²) >= 11 is 17.9. The lowest BCUT2D eigenvalue weighted by Crippen LogP contribution is -2.45. The van der Waals surface area contributed by atoms with Gasteiger partial charge in [-0.2, -0.15) is 0 Å². The van der Waals surface area contributed by atoms with Gasteiger partial charge in [0.15, 0.2) is 0 Å². The molecule has 0 aliphatic heterocycles. The van der Waals surface area contributed by atoms with Crippen LogP contribution < -0.4 is 10.6 Å². The molecule has 7 nitrogen and oxygen atoms in total. The standard InChI is InChI=1S/C21H19Cl2NO2.C20H19ClN2O2/c22-17-6-1-4-15(12-17)9-11-21(26)10-3-8-19(14-21)24-20(25)16-5-2-7-18(23)13-16;21-17-4-1-3-15(13-17)6-10-20(25)9-2-5-18(14-20)23-19(24)16-7-11-22-12-8-16/h1-2,4-7,12-13,19,26H,3,8,10,14H2,(H,24,25);1,3-4,7-8,11-13,18,25H,2,5,9,14H2,(H,23,24)/t19-,21+;18-,20+/m00/s1. The molecule has 262 valence electrons. The minimum atomic E-state index is -1.12. The number of aliphatic hydroxyl groups is 2. The number of nitrogens with one attached hydrogen (secondary N) is 2. The third kappa shape index (κ3) is 11.9. The molecular formula is C41H38Cl3N3O4. The zero-order valence-corrected chi connectivity index (χ0v) is 30.1. The minimum Gasteiger partial charge on any atom is -0.378 e. The van der Waals surface area contributed by atoms with Crippen LogP contribution in [0.25, 0.3) is 0 Å². The summed E-state index contributed by atoms with van der Waals surface area (Å²) in [5.74, 6) is 11.6. The van der Waals surface area contributed by atoms with Crippen LogP contribution in [0.1, 0.15) is 83.2 Å². The molecule has 51 heavy (non-hydrogen) atoms. The smallest absolute Gasteiger partial charge is 0.251 e. The van der Waals surface area contributed by atoms with Crippen LogP contribution in [0.4, 0.5) is 0 Å². The summed E-state index contributed by atoms with van der Waals surface area (Å²) in [5.41, 5.74) is 0.384. The lowest BCUT2D eigenvalue weighted by molar-refractivity contribution is 0.0443. The number of aromatic nitrogens is 1. The number of carbonyl (C=O) groups is 2. The number of benzene rings is 3. The molecular weight excluding hydrogens is 705 g/mol. The SMILES string of the molecule is O=C(N[C@H]1CCC[C@@](O)(C#Cc2cccc(Cl)c2)C1)c1cccc(Cl)c1.O=C(N[C@H]1CCC[C@@](O)(C#Cc2cccc(Cl)c2)C1)c1ccncc1. The van der Waals surface area contributed by atoms with Crippen LogP contribution in [0.5, 0.6) is 0 Å². The second-order valence-corrected chi connectivity index (χ2v) is 14.2. The summed E-state index contributed by atoms with van der Waals surface area (Å²) in [6, 6.07) is 24.4. The second-order valence-electron chi connectivity index (χ2n) is 12.9. The van der Waals surface area contributed by atoms with Crippen molar-refractivity contribution in [2.24, 2.45) is 0 Å². The highest BCUT2D eigenvalue weighted by Gasteiger charge is 2.34. The first kappa shape index (κ1) is 37.9. The molecule has 0 spiro atoms. The van der Waals surface area contributed by atoms with E-state index < -0.39 is 11.2 Å². The average Bonchev–Trinajstić information content (AvgIpc) is 3.11. The maximum atomic E-state index is 12.4. The largest absolute Gasteiger partial charge is 0.378 e. The number of nitrogens with zero attached hydrogens (tertiary/aromatic N) is 1. The molecule has 2 aliphatic rings. The predicted octanol–water partition coefficient (Wildman–Crippen LogP) is 7.64. The maximum absolute atomic E-state index is 12.4. The van der Waals surface area contributed by atoms with Crippen molar-refractivity contribution in [1.29, 1.82) is 0 Å². The Balaban J connectivity index is 0.000000198. The lowest BCUT2D eigenvalue weighted by Gasteiger charge is -2.33. The van der Waals surface area contributed by atoms with Crippen LogP contribution in [0, 0.1) is 23.7 Å². The first-order valence-electron chi connectivity index (χ1n) is 16.8. The number of amides is 2. The highest BCUT2D eigenvalue weighted by Crippen LogP contribution is 2.30. The van der Waals surface area contributed by atoms with Gasteiger partial charge in [-0.1, -0.05) is 76.7 Å². The molecule has 1 aromatic heterocycles. The van der Waals surface area contributed by atoms with E-state index in [4.69, 9.17) is 34.8 Å². The molecule has 0 saturated heterocycles. The van der Waals surface area contributed by atoms with Gasteiger partial charge in [-0.15, -0.1) is 0 Å². The van der Waals surface area contributed by atoms with E-state index in [1.807, 2.05) is 24.3 Å². The van der Waals surface area contributed by atoms with Crippen molar-refractivity contribution in [3.8, 4) is 23.7 Å². The fourth-order valence-electron chi connectivity index (χ4n) is 6.16. The Hall–Kier alpha value is -4.34. The van der Waals surface area contributed by atoms with Crippen LogP contribution in [0.3, 0.4) is 0 Å². The molecule has 4 N–H and O–H groups in total. The van der Waals surface area contributed by atoms with E-state index in [1.165, 1.54) is 0 Å². The Morgan fingerprint density at radius 2 is 1.10 bits per heavy atom. The number of pyridine rings is 1. The van der Waals surface area contributed by atoms with Gasteiger partial charge in [0, 0.05) is 74.6 Å². The molecule has 0 unspecified atom stereocenters. The normalized spacial score (nSPS) is 22.4.